The molecule has 3 heteroatoms. The molecule has 1 saturated heterocycles. The lowest BCUT2D eigenvalue weighted by molar-refractivity contribution is 0.336. The highest BCUT2D eigenvalue weighted by atomic mass is 15.2. The zero-order valence-electron chi connectivity index (χ0n) is 11.0. The predicted octanol–water partition coefficient (Wildman–Crippen LogP) is 2.51. The number of hydrogen-bond acceptors (Lipinski definition) is 3. The molecule has 3 nitrogen and oxygen atoms in total. The number of nitriles is 1. The number of benzene rings is 1. The van der Waals surface area contributed by atoms with Crippen LogP contribution in [0.5, 0.6) is 0 Å². The van der Waals surface area contributed by atoms with E-state index in [9.17, 15) is 5.26 Å². The van der Waals surface area contributed by atoms with Crippen molar-refractivity contribution in [1.29, 1.82) is 5.26 Å². The van der Waals surface area contributed by atoms with Gasteiger partial charge in [0.2, 0.25) is 0 Å². The molecule has 18 heavy (non-hydrogen) atoms. The maximum Gasteiger partial charge on any atom is 0.101 e. The summed E-state index contributed by atoms with van der Waals surface area (Å²) in [6, 6.07) is 10.5. The van der Waals surface area contributed by atoms with Crippen LogP contribution < -0.4 is 10.6 Å². The fraction of sp³-hybridized carbons (Fsp3) is 0.533. The summed E-state index contributed by atoms with van der Waals surface area (Å²) < 4.78 is 0. The van der Waals surface area contributed by atoms with Gasteiger partial charge in [-0.25, -0.2) is 0 Å². The number of rotatable bonds is 3. The minimum Gasteiger partial charge on any atom is -0.366 e. The van der Waals surface area contributed by atoms with Gasteiger partial charge >= 0.3 is 0 Å². The Kier molecular flexibility index (Phi) is 4.22. The lowest BCUT2D eigenvalue weighted by Gasteiger charge is -2.40. The molecule has 0 aromatic heterocycles. The van der Waals surface area contributed by atoms with E-state index in [1.165, 1.54) is 12.8 Å². The summed E-state index contributed by atoms with van der Waals surface area (Å²) in [7, 11) is 0. The fourth-order valence-corrected chi connectivity index (χ4v) is 2.86. The second-order valence-electron chi connectivity index (χ2n) is 5.01. The molecule has 1 aromatic rings. The summed E-state index contributed by atoms with van der Waals surface area (Å²) in [5.74, 6) is 0.782. The van der Waals surface area contributed by atoms with Gasteiger partial charge in [-0.1, -0.05) is 25.5 Å². The number of nitrogens with zero attached hydrogens (tertiary/aromatic N) is 2. The van der Waals surface area contributed by atoms with E-state index in [1.807, 2.05) is 24.3 Å². The van der Waals surface area contributed by atoms with Crippen LogP contribution in [0.15, 0.2) is 24.3 Å². The first-order valence-electron chi connectivity index (χ1n) is 6.76. The normalized spacial score (nSPS) is 23.7. The zero-order chi connectivity index (χ0) is 13.0. The summed E-state index contributed by atoms with van der Waals surface area (Å²) in [5, 5.41) is 9.20. The highest BCUT2D eigenvalue weighted by molar-refractivity contribution is 5.60. The number of para-hydroxylation sites is 1. The van der Waals surface area contributed by atoms with E-state index in [-0.39, 0.29) is 0 Å². The molecule has 96 valence electrons. The lowest BCUT2D eigenvalue weighted by atomic mass is 9.88. The van der Waals surface area contributed by atoms with Gasteiger partial charge in [-0.3, -0.25) is 0 Å². The topological polar surface area (TPSA) is 53.0 Å². The minimum absolute atomic E-state index is 0.373. The van der Waals surface area contributed by atoms with Gasteiger partial charge in [-0.05, 0) is 30.9 Å². The molecule has 0 bridgehead atoms. The van der Waals surface area contributed by atoms with Crippen molar-refractivity contribution in [3.05, 3.63) is 29.8 Å². The molecule has 2 unspecified atom stereocenters. The van der Waals surface area contributed by atoms with Crippen LogP contribution in [0.25, 0.3) is 0 Å². The Labute approximate surface area is 109 Å². The van der Waals surface area contributed by atoms with E-state index in [0.29, 0.717) is 12.6 Å². The first-order chi connectivity index (χ1) is 8.80. The standard InChI is InChI=1S/C15H21N3/c1-2-12-7-8-18(14(9-12)11-17)15-6-4-3-5-13(15)10-16/h3-6,12,14H,2,7-9,11,17H2,1H3. The Balaban J connectivity index is 2.24. The van der Waals surface area contributed by atoms with Crippen LogP contribution in [0.1, 0.15) is 31.7 Å². The van der Waals surface area contributed by atoms with Crippen molar-refractivity contribution in [2.45, 2.75) is 32.2 Å². The Morgan fingerprint density at radius 2 is 2.22 bits per heavy atom. The minimum atomic E-state index is 0.373. The van der Waals surface area contributed by atoms with Gasteiger partial charge in [0.1, 0.15) is 6.07 Å². The molecule has 0 amide bonds. The number of nitrogens with two attached hydrogens (primary N) is 1. The van der Waals surface area contributed by atoms with Gasteiger partial charge < -0.3 is 10.6 Å². The van der Waals surface area contributed by atoms with Gasteiger partial charge in [0.25, 0.3) is 0 Å². The van der Waals surface area contributed by atoms with Gasteiger partial charge in [-0.15, -0.1) is 0 Å². The number of piperidine rings is 1. The van der Waals surface area contributed by atoms with Crippen LogP contribution in [0, 0.1) is 17.2 Å². The van der Waals surface area contributed by atoms with E-state index < -0.39 is 0 Å². The van der Waals surface area contributed by atoms with Crippen LogP contribution in [0.3, 0.4) is 0 Å². The highest BCUT2D eigenvalue weighted by Gasteiger charge is 2.27. The van der Waals surface area contributed by atoms with Crippen LogP contribution in [0.4, 0.5) is 5.69 Å². The van der Waals surface area contributed by atoms with Crippen molar-refractivity contribution >= 4 is 5.69 Å². The lowest BCUT2D eigenvalue weighted by Crippen LogP contribution is -2.47. The molecule has 1 fully saturated rings. The molecule has 2 N–H and O–H groups in total. The smallest absolute Gasteiger partial charge is 0.101 e. The third-order valence-corrected chi connectivity index (χ3v) is 4.01. The van der Waals surface area contributed by atoms with Crippen molar-refractivity contribution < 1.29 is 0 Å². The molecule has 0 saturated carbocycles. The first-order valence-corrected chi connectivity index (χ1v) is 6.76. The molecular weight excluding hydrogens is 222 g/mol. The molecule has 2 atom stereocenters. The monoisotopic (exact) mass is 243 g/mol. The summed E-state index contributed by atoms with van der Waals surface area (Å²) in [6.07, 6.45) is 3.57. The predicted molar refractivity (Wildman–Crippen MR) is 74.4 cm³/mol. The van der Waals surface area contributed by atoms with Crippen LogP contribution in [-0.4, -0.2) is 19.1 Å². The number of anilines is 1. The van der Waals surface area contributed by atoms with Gasteiger partial charge in [0.05, 0.1) is 11.3 Å². The Morgan fingerprint density at radius 3 is 2.89 bits per heavy atom. The summed E-state index contributed by atoms with van der Waals surface area (Å²) in [4.78, 5) is 2.32. The average Bonchev–Trinajstić information content (AvgIpc) is 2.46. The Morgan fingerprint density at radius 1 is 1.44 bits per heavy atom. The molecule has 1 aliphatic rings. The van der Waals surface area contributed by atoms with Crippen LogP contribution in [-0.2, 0) is 0 Å². The molecule has 1 heterocycles. The van der Waals surface area contributed by atoms with Crippen molar-refractivity contribution in [2.24, 2.45) is 11.7 Å². The Hall–Kier alpha value is -1.53. The van der Waals surface area contributed by atoms with Crippen molar-refractivity contribution in [1.82, 2.24) is 0 Å². The van der Waals surface area contributed by atoms with Gasteiger partial charge in [0, 0.05) is 19.1 Å². The molecule has 1 aliphatic heterocycles. The largest absolute Gasteiger partial charge is 0.366 e. The quantitative estimate of drug-likeness (QED) is 0.887. The van der Waals surface area contributed by atoms with E-state index in [4.69, 9.17) is 5.73 Å². The highest BCUT2D eigenvalue weighted by Crippen LogP contribution is 2.31. The molecular formula is C15H21N3. The van der Waals surface area contributed by atoms with E-state index in [0.717, 1.165) is 30.1 Å². The van der Waals surface area contributed by atoms with E-state index in [1.54, 1.807) is 0 Å². The summed E-state index contributed by atoms with van der Waals surface area (Å²) in [6.45, 7) is 3.92. The second-order valence-corrected chi connectivity index (χ2v) is 5.01. The third-order valence-electron chi connectivity index (χ3n) is 4.01. The van der Waals surface area contributed by atoms with E-state index in [2.05, 4.69) is 17.9 Å². The maximum absolute atomic E-state index is 9.20. The first kappa shape index (κ1) is 12.9. The zero-order valence-corrected chi connectivity index (χ0v) is 11.0. The molecule has 0 radical (unpaired) electrons. The van der Waals surface area contributed by atoms with Crippen molar-refractivity contribution in [3.63, 3.8) is 0 Å². The van der Waals surface area contributed by atoms with Crippen LogP contribution >= 0.6 is 0 Å². The van der Waals surface area contributed by atoms with Crippen molar-refractivity contribution in [3.8, 4) is 6.07 Å². The second kappa shape index (κ2) is 5.88. The maximum atomic E-state index is 9.20. The van der Waals surface area contributed by atoms with Crippen LogP contribution in [0.2, 0.25) is 0 Å². The molecule has 1 aromatic carbocycles. The molecule has 0 aliphatic carbocycles. The Bertz CT molecular complexity index is 436. The SMILES string of the molecule is CCC1CCN(c2ccccc2C#N)C(CN)C1. The summed E-state index contributed by atoms with van der Waals surface area (Å²) in [5.41, 5.74) is 7.72. The fourth-order valence-electron chi connectivity index (χ4n) is 2.86. The van der Waals surface area contributed by atoms with E-state index >= 15 is 0 Å². The third kappa shape index (κ3) is 2.49. The van der Waals surface area contributed by atoms with Gasteiger partial charge in [0.15, 0.2) is 0 Å². The van der Waals surface area contributed by atoms with Gasteiger partial charge in [-0.2, -0.15) is 5.26 Å². The average molecular weight is 243 g/mol. The summed E-state index contributed by atoms with van der Waals surface area (Å²) >= 11 is 0. The molecule has 0 spiro atoms. The molecule has 2 rings (SSSR count). The number of hydrogen-bond donors (Lipinski definition) is 1. The van der Waals surface area contributed by atoms with Crippen molar-refractivity contribution in [2.75, 3.05) is 18.0 Å².